The number of nitrogens with two attached hydrogens (primary N) is 1. The number of benzene rings is 2. The number of alkyl halides is 3. The standard InChI is InChI=1S/C20H24F3NO/c1-19(2,24)16-5-3-14-12-18(8-4-13(14)11-16)25-17-9-6-15(7-10-17)20(21,22)23/h3-5,8,11-12,15,17H,6-7,9-10,24H2,1-2H3/t15-,17-. The first-order chi connectivity index (χ1) is 11.6. The molecule has 2 N–H and O–H groups in total. The molecular weight excluding hydrogens is 327 g/mol. The monoisotopic (exact) mass is 351 g/mol. The van der Waals surface area contributed by atoms with Crippen molar-refractivity contribution in [3.63, 3.8) is 0 Å². The molecule has 0 radical (unpaired) electrons. The molecule has 0 saturated heterocycles. The summed E-state index contributed by atoms with van der Waals surface area (Å²) in [5.74, 6) is -0.468. The highest BCUT2D eigenvalue weighted by atomic mass is 19.4. The van der Waals surface area contributed by atoms with Crippen LogP contribution in [0, 0.1) is 5.92 Å². The Kier molecular flexibility index (Phi) is 4.71. The van der Waals surface area contributed by atoms with E-state index in [9.17, 15) is 13.2 Å². The van der Waals surface area contributed by atoms with E-state index in [0.717, 1.165) is 16.3 Å². The lowest BCUT2D eigenvalue weighted by molar-refractivity contribution is -0.185. The summed E-state index contributed by atoms with van der Waals surface area (Å²) < 4.78 is 44.1. The third-order valence-corrected chi connectivity index (χ3v) is 5.00. The molecule has 1 fully saturated rings. The molecule has 1 saturated carbocycles. The lowest BCUT2D eigenvalue weighted by Gasteiger charge is -2.30. The number of hydrogen-bond acceptors (Lipinski definition) is 2. The molecule has 0 aliphatic heterocycles. The molecule has 3 rings (SSSR count). The van der Waals surface area contributed by atoms with Gasteiger partial charge in [0.05, 0.1) is 12.0 Å². The zero-order chi connectivity index (χ0) is 18.2. The molecule has 1 aliphatic rings. The van der Waals surface area contributed by atoms with Gasteiger partial charge in [0, 0.05) is 5.54 Å². The van der Waals surface area contributed by atoms with Crippen molar-refractivity contribution in [2.75, 3.05) is 0 Å². The van der Waals surface area contributed by atoms with Crippen molar-refractivity contribution in [1.82, 2.24) is 0 Å². The maximum Gasteiger partial charge on any atom is 0.391 e. The molecule has 1 aliphatic carbocycles. The van der Waals surface area contributed by atoms with Gasteiger partial charge in [-0.3, -0.25) is 0 Å². The summed E-state index contributed by atoms with van der Waals surface area (Å²) in [7, 11) is 0. The normalized spacial score (nSPS) is 22.2. The lowest BCUT2D eigenvalue weighted by Crippen LogP contribution is -2.31. The van der Waals surface area contributed by atoms with Crippen molar-refractivity contribution in [2.24, 2.45) is 11.7 Å². The van der Waals surface area contributed by atoms with E-state index in [4.69, 9.17) is 10.5 Å². The molecule has 0 spiro atoms. The lowest BCUT2D eigenvalue weighted by atomic mass is 9.87. The van der Waals surface area contributed by atoms with Crippen LogP contribution in [-0.2, 0) is 5.54 Å². The van der Waals surface area contributed by atoms with E-state index >= 15 is 0 Å². The molecule has 0 unspecified atom stereocenters. The van der Waals surface area contributed by atoms with Crippen molar-refractivity contribution in [2.45, 2.75) is 57.3 Å². The molecule has 2 aromatic carbocycles. The van der Waals surface area contributed by atoms with Gasteiger partial charge < -0.3 is 10.5 Å². The smallest absolute Gasteiger partial charge is 0.391 e. The fourth-order valence-electron chi connectivity index (χ4n) is 3.40. The Labute approximate surface area is 146 Å². The molecule has 0 atom stereocenters. The number of ether oxygens (including phenoxy) is 1. The predicted octanol–water partition coefficient (Wildman–Crippen LogP) is 5.53. The van der Waals surface area contributed by atoms with Crippen molar-refractivity contribution in [3.8, 4) is 5.75 Å². The van der Waals surface area contributed by atoms with Gasteiger partial charge >= 0.3 is 6.18 Å². The zero-order valence-corrected chi connectivity index (χ0v) is 14.6. The Morgan fingerprint density at radius 2 is 1.52 bits per heavy atom. The second-order valence-corrected chi connectivity index (χ2v) is 7.58. The van der Waals surface area contributed by atoms with Gasteiger partial charge in [-0.15, -0.1) is 0 Å². The highest BCUT2D eigenvalue weighted by Crippen LogP contribution is 2.38. The van der Waals surface area contributed by atoms with E-state index in [2.05, 4.69) is 6.07 Å². The van der Waals surface area contributed by atoms with Crippen LogP contribution in [-0.4, -0.2) is 12.3 Å². The SMILES string of the molecule is CC(C)(N)c1ccc2cc(O[C@H]3CC[C@H](C(F)(F)F)CC3)ccc2c1. The van der Waals surface area contributed by atoms with Crippen molar-refractivity contribution >= 4 is 10.8 Å². The minimum atomic E-state index is -4.08. The first-order valence-electron chi connectivity index (χ1n) is 8.69. The van der Waals surface area contributed by atoms with Crippen LogP contribution in [0.2, 0.25) is 0 Å². The number of rotatable bonds is 3. The maximum absolute atomic E-state index is 12.7. The summed E-state index contributed by atoms with van der Waals surface area (Å²) in [6.07, 6.45) is -3.03. The van der Waals surface area contributed by atoms with Gasteiger partial charge in [0.2, 0.25) is 0 Å². The van der Waals surface area contributed by atoms with Crippen LogP contribution >= 0.6 is 0 Å². The summed E-state index contributed by atoms with van der Waals surface area (Å²) >= 11 is 0. The fourth-order valence-corrected chi connectivity index (χ4v) is 3.40. The number of halogens is 3. The third-order valence-electron chi connectivity index (χ3n) is 5.00. The Bertz CT molecular complexity index is 741. The van der Waals surface area contributed by atoms with Crippen molar-refractivity contribution < 1.29 is 17.9 Å². The average molecular weight is 351 g/mol. The van der Waals surface area contributed by atoms with E-state index in [1.807, 2.05) is 44.2 Å². The summed E-state index contributed by atoms with van der Waals surface area (Å²) in [5.41, 5.74) is 6.79. The fraction of sp³-hybridized carbons (Fsp3) is 0.500. The Balaban J connectivity index is 1.69. The zero-order valence-electron chi connectivity index (χ0n) is 14.6. The first kappa shape index (κ1) is 18.1. The molecule has 2 aromatic rings. The van der Waals surface area contributed by atoms with Crippen molar-refractivity contribution in [1.29, 1.82) is 0 Å². The first-order valence-corrected chi connectivity index (χ1v) is 8.69. The largest absolute Gasteiger partial charge is 0.490 e. The van der Waals surface area contributed by atoms with Gasteiger partial charge in [0.15, 0.2) is 0 Å². The summed E-state index contributed by atoms with van der Waals surface area (Å²) in [4.78, 5) is 0. The van der Waals surface area contributed by atoms with E-state index in [0.29, 0.717) is 18.6 Å². The van der Waals surface area contributed by atoms with Crippen LogP contribution in [0.3, 0.4) is 0 Å². The molecule has 25 heavy (non-hydrogen) atoms. The Hall–Kier alpha value is -1.75. The average Bonchev–Trinajstić information content (AvgIpc) is 2.53. The van der Waals surface area contributed by atoms with Gasteiger partial charge in [-0.2, -0.15) is 13.2 Å². The number of fused-ring (bicyclic) bond motifs is 1. The quantitative estimate of drug-likeness (QED) is 0.789. The molecule has 2 nitrogen and oxygen atoms in total. The second-order valence-electron chi connectivity index (χ2n) is 7.58. The molecule has 0 aromatic heterocycles. The van der Waals surface area contributed by atoms with E-state index in [-0.39, 0.29) is 18.9 Å². The molecule has 0 bridgehead atoms. The summed E-state index contributed by atoms with van der Waals surface area (Å²) in [5, 5.41) is 2.11. The molecule has 5 heteroatoms. The summed E-state index contributed by atoms with van der Waals surface area (Å²) in [6, 6.07) is 11.9. The van der Waals surface area contributed by atoms with Crippen LogP contribution in [0.1, 0.15) is 45.1 Å². The Morgan fingerprint density at radius 1 is 0.920 bits per heavy atom. The van der Waals surface area contributed by atoms with Crippen LogP contribution < -0.4 is 10.5 Å². The maximum atomic E-state index is 12.7. The van der Waals surface area contributed by atoms with Crippen LogP contribution in [0.15, 0.2) is 36.4 Å². The van der Waals surface area contributed by atoms with Gasteiger partial charge in [-0.25, -0.2) is 0 Å². The van der Waals surface area contributed by atoms with Gasteiger partial charge in [0.25, 0.3) is 0 Å². The predicted molar refractivity (Wildman–Crippen MR) is 93.6 cm³/mol. The van der Waals surface area contributed by atoms with Crippen LogP contribution in [0.4, 0.5) is 13.2 Å². The highest BCUT2D eigenvalue weighted by molar-refractivity contribution is 5.84. The van der Waals surface area contributed by atoms with Crippen LogP contribution in [0.25, 0.3) is 10.8 Å². The van der Waals surface area contributed by atoms with Crippen molar-refractivity contribution in [3.05, 3.63) is 42.0 Å². The van der Waals surface area contributed by atoms with Gasteiger partial charge in [0.1, 0.15) is 5.75 Å². The van der Waals surface area contributed by atoms with Gasteiger partial charge in [-0.05, 0) is 74.1 Å². The minimum absolute atomic E-state index is 0.140. The van der Waals surface area contributed by atoms with Crippen LogP contribution in [0.5, 0.6) is 5.75 Å². The summed E-state index contributed by atoms with van der Waals surface area (Å²) in [6.45, 7) is 3.92. The molecular formula is C20H24F3NO. The molecule has 0 amide bonds. The number of hydrogen-bond donors (Lipinski definition) is 1. The molecule has 0 heterocycles. The third kappa shape index (κ3) is 4.27. The van der Waals surface area contributed by atoms with E-state index < -0.39 is 17.6 Å². The topological polar surface area (TPSA) is 35.2 Å². The Morgan fingerprint density at radius 3 is 2.12 bits per heavy atom. The highest BCUT2D eigenvalue weighted by Gasteiger charge is 2.41. The van der Waals surface area contributed by atoms with E-state index in [1.165, 1.54) is 0 Å². The van der Waals surface area contributed by atoms with Gasteiger partial charge in [-0.1, -0.05) is 18.2 Å². The van der Waals surface area contributed by atoms with E-state index in [1.54, 1.807) is 0 Å². The minimum Gasteiger partial charge on any atom is -0.490 e. The second kappa shape index (κ2) is 6.52. The molecule has 136 valence electrons.